The van der Waals surface area contributed by atoms with Crippen molar-refractivity contribution in [3.05, 3.63) is 0 Å². The first kappa shape index (κ1) is 8.04. The minimum atomic E-state index is -0.755. The zero-order chi connectivity index (χ0) is 8.27. The Morgan fingerprint density at radius 3 is 3.09 bits per heavy atom. The molecule has 0 bridgehead atoms. The molecule has 0 fully saturated rings. The minimum absolute atomic E-state index is 0.303. The SMILES string of the molecule is COC1=NCC[C@H](C(=O)O)C1. The molecular weight excluding hydrogens is 146 g/mol. The highest BCUT2D eigenvalue weighted by Gasteiger charge is 2.23. The van der Waals surface area contributed by atoms with Gasteiger partial charge in [0.2, 0.25) is 0 Å². The van der Waals surface area contributed by atoms with Gasteiger partial charge in [-0.1, -0.05) is 0 Å². The van der Waals surface area contributed by atoms with Gasteiger partial charge in [0.1, 0.15) is 0 Å². The van der Waals surface area contributed by atoms with Gasteiger partial charge in [-0.3, -0.25) is 9.79 Å². The van der Waals surface area contributed by atoms with Crippen LogP contribution < -0.4 is 0 Å². The van der Waals surface area contributed by atoms with Crippen LogP contribution in [0.5, 0.6) is 0 Å². The van der Waals surface area contributed by atoms with Crippen LogP contribution in [0.2, 0.25) is 0 Å². The van der Waals surface area contributed by atoms with E-state index in [2.05, 4.69) is 4.99 Å². The van der Waals surface area contributed by atoms with Crippen LogP contribution in [0.4, 0.5) is 0 Å². The van der Waals surface area contributed by atoms with Gasteiger partial charge in [-0.05, 0) is 6.42 Å². The standard InChI is InChI=1S/C7H11NO3/c1-11-6-4-5(7(9)10)2-3-8-6/h5H,2-4H2,1H3,(H,9,10)/t5-/m0/s1. The van der Waals surface area contributed by atoms with Crippen molar-refractivity contribution in [3.63, 3.8) is 0 Å². The first-order valence-electron chi connectivity index (χ1n) is 3.54. The van der Waals surface area contributed by atoms with Crippen LogP contribution in [0.15, 0.2) is 4.99 Å². The summed E-state index contributed by atoms with van der Waals surface area (Å²) < 4.78 is 4.86. The third-order valence-electron chi connectivity index (χ3n) is 1.77. The summed E-state index contributed by atoms with van der Waals surface area (Å²) in [5.74, 6) is -0.499. The maximum atomic E-state index is 10.5. The van der Waals surface area contributed by atoms with Gasteiger partial charge in [0, 0.05) is 13.0 Å². The molecule has 0 radical (unpaired) electrons. The van der Waals surface area contributed by atoms with E-state index in [1.807, 2.05) is 0 Å². The third kappa shape index (κ3) is 1.93. The maximum absolute atomic E-state index is 10.5. The number of aliphatic imine (C=N–C) groups is 1. The fourth-order valence-electron chi connectivity index (χ4n) is 1.08. The number of rotatable bonds is 1. The number of nitrogens with zero attached hydrogens (tertiary/aromatic N) is 1. The van der Waals surface area contributed by atoms with E-state index >= 15 is 0 Å². The van der Waals surface area contributed by atoms with Gasteiger partial charge in [-0.25, -0.2) is 0 Å². The molecule has 1 aliphatic rings. The Morgan fingerprint density at radius 1 is 1.82 bits per heavy atom. The van der Waals surface area contributed by atoms with Crippen LogP contribution >= 0.6 is 0 Å². The number of methoxy groups -OCH3 is 1. The molecule has 11 heavy (non-hydrogen) atoms. The molecule has 0 amide bonds. The fourth-order valence-corrected chi connectivity index (χ4v) is 1.08. The lowest BCUT2D eigenvalue weighted by atomic mass is 9.99. The zero-order valence-corrected chi connectivity index (χ0v) is 6.41. The largest absolute Gasteiger partial charge is 0.484 e. The number of aliphatic carboxylic acids is 1. The van der Waals surface area contributed by atoms with Crippen LogP contribution in [-0.2, 0) is 9.53 Å². The molecule has 0 aromatic rings. The minimum Gasteiger partial charge on any atom is -0.484 e. The summed E-state index contributed by atoms with van der Waals surface area (Å²) in [5.41, 5.74) is 0. The first-order chi connectivity index (χ1) is 5.24. The van der Waals surface area contributed by atoms with Crippen LogP contribution in [0.25, 0.3) is 0 Å². The molecule has 4 nitrogen and oxygen atoms in total. The van der Waals surface area contributed by atoms with Crippen molar-refractivity contribution >= 4 is 11.9 Å². The van der Waals surface area contributed by atoms with E-state index in [0.717, 1.165) is 0 Å². The second-order valence-corrected chi connectivity index (χ2v) is 2.51. The number of ether oxygens (including phenoxy) is 1. The molecule has 0 aromatic carbocycles. The molecular formula is C7H11NO3. The zero-order valence-electron chi connectivity index (χ0n) is 6.41. The summed E-state index contributed by atoms with van der Waals surface area (Å²) in [6, 6.07) is 0. The number of carboxylic acids is 1. The van der Waals surface area contributed by atoms with E-state index in [1.54, 1.807) is 0 Å². The Balaban J connectivity index is 2.53. The Bertz CT molecular complexity index is 188. The summed E-state index contributed by atoms with van der Waals surface area (Å²) >= 11 is 0. The van der Waals surface area contributed by atoms with E-state index < -0.39 is 5.97 Å². The second-order valence-electron chi connectivity index (χ2n) is 2.51. The first-order valence-corrected chi connectivity index (χ1v) is 3.54. The van der Waals surface area contributed by atoms with Gasteiger partial charge >= 0.3 is 5.97 Å². The molecule has 1 heterocycles. The van der Waals surface area contributed by atoms with E-state index in [0.29, 0.717) is 25.3 Å². The molecule has 4 heteroatoms. The summed E-state index contributed by atoms with van der Waals surface area (Å²) in [6.07, 6.45) is 1.06. The molecule has 0 saturated carbocycles. The third-order valence-corrected chi connectivity index (χ3v) is 1.77. The van der Waals surface area contributed by atoms with E-state index in [-0.39, 0.29) is 5.92 Å². The van der Waals surface area contributed by atoms with Crippen molar-refractivity contribution in [3.8, 4) is 0 Å². The Morgan fingerprint density at radius 2 is 2.55 bits per heavy atom. The molecule has 1 rings (SSSR count). The normalized spacial score (nSPS) is 24.1. The molecule has 0 saturated heterocycles. The summed E-state index contributed by atoms with van der Waals surface area (Å²) in [7, 11) is 1.52. The number of carbonyl (C=O) groups is 1. The molecule has 1 atom stereocenters. The Labute approximate surface area is 64.9 Å². The lowest BCUT2D eigenvalue weighted by Crippen LogP contribution is -2.23. The van der Waals surface area contributed by atoms with Gasteiger partial charge in [0.25, 0.3) is 0 Å². The molecule has 0 aromatic heterocycles. The Kier molecular flexibility index (Phi) is 2.46. The molecule has 1 N–H and O–H groups in total. The average Bonchev–Trinajstić information content (AvgIpc) is 2.05. The number of carboxylic acid groups (broad SMARTS) is 1. The van der Waals surface area contributed by atoms with Crippen molar-refractivity contribution in [2.45, 2.75) is 12.8 Å². The van der Waals surface area contributed by atoms with Gasteiger partial charge in [0.15, 0.2) is 5.90 Å². The Hall–Kier alpha value is -1.06. The van der Waals surface area contributed by atoms with Crippen molar-refractivity contribution in [1.82, 2.24) is 0 Å². The van der Waals surface area contributed by atoms with Crippen molar-refractivity contribution in [2.75, 3.05) is 13.7 Å². The van der Waals surface area contributed by atoms with Gasteiger partial charge in [0.05, 0.1) is 13.0 Å². The van der Waals surface area contributed by atoms with Crippen LogP contribution in [0, 0.1) is 5.92 Å². The van der Waals surface area contributed by atoms with Crippen molar-refractivity contribution < 1.29 is 14.6 Å². The maximum Gasteiger partial charge on any atom is 0.307 e. The highest BCUT2D eigenvalue weighted by atomic mass is 16.5. The molecule has 62 valence electrons. The number of hydrogen-bond donors (Lipinski definition) is 1. The lowest BCUT2D eigenvalue weighted by molar-refractivity contribution is -0.141. The highest BCUT2D eigenvalue weighted by Crippen LogP contribution is 2.15. The highest BCUT2D eigenvalue weighted by molar-refractivity contribution is 5.83. The number of hydrogen-bond acceptors (Lipinski definition) is 3. The van der Waals surface area contributed by atoms with E-state index in [1.165, 1.54) is 7.11 Å². The molecule has 0 unspecified atom stereocenters. The predicted molar refractivity (Wildman–Crippen MR) is 39.7 cm³/mol. The van der Waals surface area contributed by atoms with Crippen molar-refractivity contribution in [2.24, 2.45) is 10.9 Å². The predicted octanol–water partition coefficient (Wildman–Crippen LogP) is 0.526. The topological polar surface area (TPSA) is 58.9 Å². The lowest BCUT2D eigenvalue weighted by Gasteiger charge is -2.16. The smallest absolute Gasteiger partial charge is 0.307 e. The van der Waals surface area contributed by atoms with Gasteiger partial charge in [-0.15, -0.1) is 0 Å². The molecule has 1 aliphatic heterocycles. The summed E-state index contributed by atoms with van der Waals surface area (Å²) in [5, 5.41) is 8.64. The second kappa shape index (κ2) is 3.37. The molecule has 0 spiro atoms. The average molecular weight is 157 g/mol. The van der Waals surface area contributed by atoms with Crippen LogP contribution in [0.1, 0.15) is 12.8 Å². The van der Waals surface area contributed by atoms with Crippen LogP contribution in [0.3, 0.4) is 0 Å². The van der Waals surface area contributed by atoms with E-state index in [4.69, 9.17) is 9.84 Å². The molecule has 0 aliphatic carbocycles. The van der Waals surface area contributed by atoms with Gasteiger partial charge in [-0.2, -0.15) is 0 Å². The summed E-state index contributed by atoms with van der Waals surface area (Å²) in [4.78, 5) is 14.5. The van der Waals surface area contributed by atoms with Crippen molar-refractivity contribution in [1.29, 1.82) is 0 Å². The summed E-state index contributed by atoms with van der Waals surface area (Å²) in [6.45, 7) is 0.570. The van der Waals surface area contributed by atoms with Crippen LogP contribution in [-0.4, -0.2) is 30.6 Å². The van der Waals surface area contributed by atoms with E-state index in [9.17, 15) is 4.79 Å². The fraction of sp³-hybridized carbons (Fsp3) is 0.714. The van der Waals surface area contributed by atoms with Gasteiger partial charge < -0.3 is 9.84 Å². The quantitative estimate of drug-likeness (QED) is 0.603. The monoisotopic (exact) mass is 157 g/mol.